The predicted octanol–water partition coefficient (Wildman–Crippen LogP) is 7.68. The second kappa shape index (κ2) is 8.22. The summed E-state index contributed by atoms with van der Waals surface area (Å²) in [7, 11) is 1.63. The Labute approximate surface area is 163 Å². The van der Waals surface area contributed by atoms with Crippen molar-refractivity contribution in [2.24, 2.45) is 20.5 Å². The van der Waals surface area contributed by atoms with Gasteiger partial charge in [-0.2, -0.15) is 15.3 Å². The third-order valence-electron chi connectivity index (χ3n) is 4.24. The number of ether oxygens (including phenoxy) is 1. The molecule has 0 radical (unpaired) electrons. The molecule has 0 atom stereocenters. The van der Waals surface area contributed by atoms with Gasteiger partial charge in [0.25, 0.3) is 0 Å². The number of hydrogen-bond donors (Lipinski definition) is 0. The number of benzene rings is 4. The lowest BCUT2D eigenvalue weighted by Gasteiger charge is -2.07. The highest BCUT2D eigenvalue weighted by molar-refractivity contribution is 5.95. The molecular formula is C23H18N4O. The summed E-state index contributed by atoms with van der Waals surface area (Å²) in [4.78, 5) is 0. The van der Waals surface area contributed by atoms with E-state index in [-0.39, 0.29) is 0 Å². The van der Waals surface area contributed by atoms with E-state index in [0.717, 1.165) is 27.8 Å². The first-order chi connectivity index (χ1) is 13.8. The average molecular weight is 366 g/mol. The van der Waals surface area contributed by atoms with Gasteiger partial charge < -0.3 is 4.74 Å². The molecule has 4 rings (SSSR count). The molecule has 136 valence electrons. The van der Waals surface area contributed by atoms with Crippen LogP contribution in [0.15, 0.2) is 111 Å². The summed E-state index contributed by atoms with van der Waals surface area (Å²) in [6.45, 7) is 0. The molecule has 0 aliphatic heterocycles. The van der Waals surface area contributed by atoms with Crippen LogP contribution >= 0.6 is 0 Å². The largest absolute Gasteiger partial charge is 0.494 e. The van der Waals surface area contributed by atoms with Crippen LogP contribution in [0.25, 0.3) is 10.8 Å². The van der Waals surface area contributed by atoms with E-state index in [1.807, 2.05) is 91.0 Å². The van der Waals surface area contributed by atoms with Gasteiger partial charge in [0.2, 0.25) is 0 Å². The molecule has 5 nitrogen and oxygen atoms in total. The number of rotatable bonds is 5. The van der Waals surface area contributed by atoms with Gasteiger partial charge in [-0.15, -0.1) is 5.11 Å². The first kappa shape index (κ1) is 17.5. The topological polar surface area (TPSA) is 58.7 Å². The number of hydrogen-bond acceptors (Lipinski definition) is 5. The maximum absolute atomic E-state index is 5.45. The Morgan fingerprint density at radius 2 is 1.11 bits per heavy atom. The summed E-state index contributed by atoms with van der Waals surface area (Å²) in [5, 5.41) is 19.4. The van der Waals surface area contributed by atoms with Crippen molar-refractivity contribution in [3.8, 4) is 5.75 Å². The molecule has 0 unspecified atom stereocenters. The summed E-state index contributed by atoms with van der Waals surface area (Å²) in [6, 6.07) is 29.0. The van der Waals surface area contributed by atoms with Crippen molar-refractivity contribution < 1.29 is 4.74 Å². The van der Waals surface area contributed by atoms with Crippen LogP contribution in [0.3, 0.4) is 0 Å². The minimum atomic E-state index is 0.690. The second-order valence-corrected chi connectivity index (χ2v) is 6.09. The van der Waals surface area contributed by atoms with Crippen molar-refractivity contribution >= 4 is 33.5 Å². The lowest BCUT2D eigenvalue weighted by atomic mass is 10.1. The summed E-state index contributed by atoms with van der Waals surface area (Å²) in [5.41, 5.74) is 3.02. The van der Waals surface area contributed by atoms with Crippen LogP contribution in [0.1, 0.15) is 0 Å². The van der Waals surface area contributed by atoms with Gasteiger partial charge in [0.05, 0.1) is 24.2 Å². The van der Waals surface area contributed by atoms with Crippen molar-refractivity contribution in [2.45, 2.75) is 0 Å². The number of methoxy groups -OCH3 is 1. The van der Waals surface area contributed by atoms with Gasteiger partial charge in [0, 0.05) is 5.39 Å². The van der Waals surface area contributed by atoms with Crippen LogP contribution < -0.4 is 4.74 Å². The minimum Gasteiger partial charge on any atom is -0.494 e. The molecule has 0 spiro atoms. The first-order valence-corrected chi connectivity index (χ1v) is 8.88. The van der Waals surface area contributed by atoms with Gasteiger partial charge in [-0.05, 0) is 47.9 Å². The summed E-state index contributed by atoms with van der Waals surface area (Å²) in [6.07, 6.45) is 0. The molecule has 0 heterocycles. The summed E-state index contributed by atoms with van der Waals surface area (Å²) >= 11 is 0. The molecule has 28 heavy (non-hydrogen) atoms. The van der Waals surface area contributed by atoms with Crippen molar-refractivity contribution in [1.82, 2.24) is 0 Å². The molecule has 0 saturated carbocycles. The third-order valence-corrected chi connectivity index (χ3v) is 4.24. The second-order valence-electron chi connectivity index (χ2n) is 6.09. The molecule has 0 fully saturated rings. The van der Waals surface area contributed by atoms with Crippen LogP contribution in [0, 0.1) is 0 Å². The summed E-state index contributed by atoms with van der Waals surface area (Å²) < 4.78 is 5.45. The maximum Gasteiger partial charge on any atom is 0.147 e. The van der Waals surface area contributed by atoms with Crippen LogP contribution in [0.2, 0.25) is 0 Å². The van der Waals surface area contributed by atoms with E-state index in [2.05, 4.69) is 20.5 Å². The zero-order chi connectivity index (χ0) is 19.2. The van der Waals surface area contributed by atoms with Gasteiger partial charge in [-0.1, -0.05) is 48.5 Å². The number of nitrogens with zero attached hydrogens (tertiary/aromatic N) is 4. The van der Waals surface area contributed by atoms with Crippen LogP contribution in [-0.4, -0.2) is 7.11 Å². The quantitative estimate of drug-likeness (QED) is 0.334. The predicted molar refractivity (Wildman–Crippen MR) is 112 cm³/mol. The fourth-order valence-corrected chi connectivity index (χ4v) is 2.81. The maximum atomic E-state index is 5.45. The molecule has 0 bridgehead atoms. The molecule has 0 saturated heterocycles. The zero-order valence-electron chi connectivity index (χ0n) is 15.4. The molecule has 5 heteroatoms. The van der Waals surface area contributed by atoms with Gasteiger partial charge >= 0.3 is 0 Å². The molecule has 0 amide bonds. The molecule has 4 aromatic carbocycles. The van der Waals surface area contributed by atoms with Crippen LogP contribution in [-0.2, 0) is 0 Å². The van der Waals surface area contributed by atoms with E-state index in [9.17, 15) is 0 Å². The third kappa shape index (κ3) is 3.94. The Morgan fingerprint density at radius 1 is 0.536 bits per heavy atom. The fraction of sp³-hybridized carbons (Fsp3) is 0.0435. The zero-order valence-corrected chi connectivity index (χ0v) is 15.4. The van der Waals surface area contributed by atoms with Crippen molar-refractivity contribution in [2.75, 3.05) is 7.11 Å². The Balaban J connectivity index is 1.57. The Morgan fingerprint density at radius 3 is 1.79 bits per heavy atom. The lowest BCUT2D eigenvalue weighted by molar-refractivity contribution is 0.416. The normalized spacial score (nSPS) is 11.5. The summed E-state index contributed by atoms with van der Waals surface area (Å²) in [5.74, 6) is 0.690. The molecule has 0 N–H and O–H groups in total. The minimum absolute atomic E-state index is 0.690. The number of azo groups is 2. The van der Waals surface area contributed by atoms with E-state index < -0.39 is 0 Å². The molecular weight excluding hydrogens is 348 g/mol. The van der Waals surface area contributed by atoms with Crippen LogP contribution in [0.4, 0.5) is 22.7 Å². The average Bonchev–Trinajstić information content (AvgIpc) is 2.77. The Bertz CT molecular complexity index is 1140. The Hall–Kier alpha value is -3.86. The molecule has 4 aromatic rings. The van der Waals surface area contributed by atoms with E-state index in [1.165, 1.54) is 0 Å². The Kier molecular flexibility index (Phi) is 5.15. The fourth-order valence-electron chi connectivity index (χ4n) is 2.81. The lowest BCUT2D eigenvalue weighted by Crippen LogP contribution is -1.84. The first-order valence-electron chi connectivity index (χ1n) is 8.88. The monoisotopic (exact) mass is 366 g/mol. The van der Waals surface area contributed by atoms with Crippen molar-refractivity contribution in [3.05, 3.63) is 91.0 Å². The molecule has 0 aromatic heterocycles. The van der Waals surface area contributed by atoms with Gasteiger partial charge in [0.1, 0.15) is 11.4 Å². The van der Waals surface area contributed by atoms with E-state index in [4.69, 9.17) is 4.74 Å². The van der Waals surface area contributed by atoms with Gasteiger partial charge in [0.15, 0.2) is 0 Å². The molecule has 0 aliphatic carbocycles. The van der Waals surface area contributed by atoms with Gasteiger partial charge in [-0.25, -0.2) is 0 Å². The van der Waals surface area contributed by atoms with E-state index >= 15 is 0 Å². The number of fused-ring (bicyclic) bond motifs is 1. The van der Waals surface area contributed by atoms with E-state index in [1.54, 1.807) is 7.11 Å². The highest BCUT2D eigenvalue weighted by Crippen LogP contribution is 2.36. The van der Waals surface area contributed by atoms with E-state index in [0.29, 0.717) is 11.4 Å². The SMILES string of the molecule is COc1ccc2ccccc2c1/N=N/c1ccc(/N=N/c2ccccc2)cc1. The smallest absolute Gasteiger partial charge is 0.147 e. The van der Waals surface area contributed by atoms with Crippen LogP contribution in [0.5, 0.6) is 5.75 Å². The highest BCUT2D eigenvalue weighted by Gasteiger charge is 2.07. The van der Waals surface area contributed by atoms with Crippen molar-refractivity contribution in [1.29, 1.82) is 0 Å². The van der Waals surface area contributed by atoms with Gasteiger partial charge in [-0.3, -0.25) is 0 Å². The molecule has 0 aliphatic rings. The highest BCUT2D eigenvalue weighted by atomic mass is 16.5. The standard InChI is InChI=1S/C23H18N4O/c1-28-22-16-11-17-7-5-6-10-21(17)23(22)27-26-20-14-12-19(13-15-20)25-24-18-8-3-2-4-9-18/h2-16H,1H3/b25-24+,27-26+. The van der Waals surface area contributed by atoms with Crippen molar-refractivity contribution in [3.63, 3.8) is 0 Å².